The smallest absolute Gasteiger partial charge is 0.416 e. The molecule has 0 aliphatic rings. The molecular weight excluding hydrogens is 265 g/mol. The van der Waals surface area contributed by atoms with Crippen molar-refractivity contribution < 1.29 is 27.8 Å². The van der Waals surface area contributed by atoms with E-state index in [-0.39, 0.29) is 11.3 Å². The van der Waals surface area contributed by atoms with Gasteiger partial charge in [-0.05, 0) is 18.2 Å². The molecule has 0 saturated carbocycles. The van der Waals surface area contributed by atoms with Crippen LogP contribution in [0.1, 0.15) is 10.4 Å². The number of carbonyl (C=O) groups excluding carboxylic acids is 1. The van der Waals surface area contributed by atoms with Crippen molar-refractivity contribution in [3.63, 3.8) is 0 Å². The van der Waals surface area contributed by atoms with Gasteiger partial charge in [0.15, 0.2) is 6.10 Å². The highest BCUT2D eigenvalue weighted by Crippen LogP contribution is 2.22. The molecule has 0 radical (unpaired) electrons. The maximum absolute atomic E-state index is 12.0. The van der Waals surface area contributed by atoms with Gasteiger partial charge in [-0.25, -0.2) is 0 Å². The van der Waals surface area contributed by atoms with Gasteiger partial charge in [0.25, 0.3) is 5.91 Å². The normalized spacial score (nSPS) is 12.9. The summed E-state index contributed by atoms with van der Waals surface area (Å²) in [4.78, 5) is 11.6. The number of rotatable bonds is 4. The van der Waals surface area contributed by atoms with E-state index in [9.17, 15) is 18.0 Å². The van der Waals surface area contributed by atoms with Crippen molar-refractivity contribution in [3.8, 4) is 5.75 Å². The van der Waals surface area contributed by atoms with Crippen LogP contribution in [-0.4, -0.2) is 36.9 Å². The van der Waals surface area contributed by atoms with Gasteiger partial charge in [-0.1, -0.05) is 0 Å². The number of alkyl halides is 3. The average Bonchev–Trinajstić information content (AvgIpc) is 2.34. The minimum absolute atomic E-state index is 0.0837. The lowest BCUT2D eigenvalue weighted by Gasteiger charge is -2.15. The number of halogens is 3. The van der Waals surface area contributed by atoms with E-state index in [1.807, 2.05) is 5.32 Å². The van der Waals surface area contributed by atoms with Crippen LogP contribution in [-0.2, 0) is 0 Å². The van der Waals surface area contributed by atoms with Crippen molar-refractivity contribution in [2.75, 3.05) is 19.4 Å². The second kappa shape index (κ2) is 5.79. The van der Waals surface area contributed by atoms with Gasteiger partial charge in [-0.3, -0.25) is 4.79 Å². The lowest BCUT2D eigenvalue weighted by molar-refractivity contribution is -0.201. The van der Waals surface area contributed by atoms with Crippen LogP contribution in [0.15, 0.2) is 18.2 Å². The van der Waals surface area contributed by atoms with E-state index in [4.69, 9.17) is 15.6 Å². The molecule has 1 aromatic carbocycles. The summed E-state index contributed by atoms with van der Waals surface area (Å²) in [6, 6.07) is 4.03. The van der Waals surface area contributed by atoms with Gasteiger partial charge in [0.05, 0.1) is 19.3 Å². The zero-order chi connectivity index (χ0) is 14.6. The largest absolute Gasteiger partial charge is 0.495 e. The van der Waals surface area contributed by atoms with Gasteiger partial charge in [0.1, 0.15) is 5.75 Å². The van der Waals surface area contributed by atoms with Gasteiger partial charge in [-0.15, -0.1) is 0 Å². The van der Waals surface area contributed by atoms with Crippen LogP contribution in [0, 0.1) is 0 Å². The molecule has 0 spiro atoms. The number of amides is 1. The number of carbonyl (C=O) groups is 1. The first kappa shape index (κ1) is 15.1. The molecule has 106 valence electrons. The first-order valence-electron chi connectivity index (χ1n) is 5.22. The van der Waals surface area contributed by atoms with Crippen LogP contribution < -0.4 is 15.8 Å². The zero-order valence-electron chi connectivity index (χ0n) is 9.99. The van der Waals surface area contributed by atoms with Gasteiger partial charge >= 0.3 is 6.18 Å². The number of aliphatic hydroxyl groups excluding tert-OH is 1. The molecule has 0 heterocycles. The Morgan fingerprint density at radius 2 is 2.16 bits per heavy atom. The van der Waals surface area contributed by atoms with Gasteiger partial charge in [0, 0.05) is 5.56 Å². The fourth-order valence-corrected chi connectivity index (χ4v) is 1.26. The van der Waals surface area contributed by atoms with E-state index in [2.05, 4.69) is 0 Å². The molecule has 8 heteroatoms. The third kappa shape index (κ3) is 4.02. The second-order valence-corrected chi connectivity index (χ2v) is 3.72. The van der Waals surface area contributed by atoms with E-state index in [1.165, 1.54) is 25.3 Å². The fourth-order valence-electron chi connectivity index (χ4n) is 1.26. The van der Waals surface area contributed by atoms with Crippen molar-refractivity contribution in [1.82, 2.24) is 5.32 Å². The minimum Gasteiger partial charge on any atom is -0.495 e. The number of benzene rings is 1. The number of methoxy groups -OCH3 is 1. The molecule has 0 aliphatic carbocycles. The standard InChI is InChI=1S/C11H13F3N2O3/c1-19-8-4-6(2-3-7(8)15)10(18)16-5-9(17)11(12,13)14/h2-4,9,17H,5,15H2,1H3,(H,16,18). The molecule has 0 bridgehead atoms. The molecule has 1 unspecified atom stereocenters. The van der Waals surface area contributed by atoms with Crippen molar-refractivity contribution in [3.05, 3.63) is 23.8 Å². The topological polar surface area (TPSA) is 84.6 Å². The minimum atomic E-state index is -4.77. The number of nitrogens with two attached hydrogens (primary N) is 1. The maximum Gasteiger partial charge on any atom is 0.416 e. The molecule has 0 saturated heterocycles. The highest BCUT2D eigenvalue weighted by Gasteiger charge is 2.38. The Hall–Kier alpha value is -1.96. The zero-order valence-corrected chi connectivity index (χ0v) is 9.99. The molecule has 1 aromatic rings. The molecular formula is C11H13F3N2O3. The first-order chi connectivity index (χ1) is 8.75. The van der Waals surface area contributed by atoms with Crippen molar-refractivity contribution >= 4 is 11.6 Å². The summed E-state index contributed by atoms with van der Waals surface area (Å²) < 4.78 is 41.0. The molecule has 1 rings (SSSR count). The molecule has 0 aliphatic heterocycles. The number of nitrogens with one attached hydrogen (secondary N) is 1. The Labute approximate surface area is 107 Å². The summed E-state index contributed by atoms with van der Waals surface area (Å²) in [5, 5.41) is 10.7. The Kier molecular flexibility index (Phi) is 4.60. The molecule has 0 fully saturated rings. The lowest BCUT2D eigenvalue weighted by Crippen LogP contribution is -2.40. The van der Waals surface area contributed by atoms with E-state index >= 15 is 0 Å². The van der Waals surface area contributed by atoms with Crippen LogP contribution in [0.5, 0.6) is 5.75 Å². The van der Waals surface area contributed by atoms with Crippen molar-refractivity contribution in [2.45, 2.75) is 12.3 Å². The third-order valence-corrected chi connectivity index (χ3v) is 2.33. The van der Waals surface area contributed by atoms with Crippen LogP contribution in [0.2, 0.25) is 0 Å². The van der Waals surface area contributed by atoms with Crippen LogP contribution >= 0.6 is 0 Å². The van der Waals surface area contributed by atoms with Gasteiger partial charge < -0.3 is 20.9 Å². The predicted octanol–water partition coefficient (Wildman–Crippen LogP) is 0.930. The summed E-state index contributed by atoms with van der Waals surface area (Å²) in [7, 11) is 1.35. The van der Waals surface area contributed by atoms with Crippen LogP contribution in [0.3, 0.4) is 0 Å². The van der Waals surface area contributed by atoms with Gasteiger partial charge in [-0.2, -0.15) is 13.2 Å². The summed E-state index contributed by atoms with van der Waals surface area (Å²) in [5.74, 6) is -0.523. The van der Waals surface area contributed by atoms with E-state index in [0.29, 0.717) is 5.69 Å². The number of hydrogen-bond donors (Lipinski definition) is 3. The van der Waals surface area contributed by atoms with E-state index in [0.717, 1.165) is 0 Å². The maximum atomic E-state index is 12.0. The predicted molar refractivity (Wildman–Crippen MR) is 61.8 cm³/mol. The Bertz CT molecular complexity index is 463. The number of ether oxygens (including phenoxy) is 1. The van der Waals surface area contributed by atoms with Crippen molar-refractivity contribution in [1.29, 1.82) is 0 Å². The molecule has 0 aromatic heterocycles. The highest BCUT2D eigenvalue weighted by molar-refractivity contribution is 5.95. The Balaban J connectivity index is 2.69. The van der Waals surface area contributed by atoms with Gasteiger partial charge in [0.2, 0.25) is 0 Å². The number of hydrogen-bond acceptors (Lipinski definition) is 4. The molecule has 1 amide bonds. The second-order valence-electron chi connectivity index (χ2n) is 3.72. The molecule has 19 heavy (non-hydrogen) atoms. The van der Waals surface area contributed by atoms with Crippen LogP contribution in [0.25, 0.3) is 0 Å². The number of anilines is 1. The van der Waals surface area contributed by atoms with Crippen LogP contribution in [0.4, 0.5) is 18.9 Å². The molecule has 1 atom stereocenters. The SMILES string of the molecule is COc1cc(C(=O)NCC(O)C(F)(F)F)ccc1N. The average molecular weight is 278 g/mol. The molecule has 4 N–H and O–H groups in total. The first-order valence-corrected chi connectivity index (χ1v) is 5.22. The Morgan fingerprint density at radius 3 is 2.68 bits per heavy atom. The summed E-state index contributed by atoms with van der Waals surface area (Å²) in [6.45, 7) is -0.922. The number of aliphatic hydroxyl groups is 1. The monoisotopic (exact) mass is 278 g/mol. The quantitative estimate of drug-likeness (QED) is 0.715. The fraction of sp³-hybridized carbons (Fsp3) is 0.364. The molecule has 5 nitrogen and oxygen atoms in total. The highest BCUT2D eigenvalue weighted by atomic mass is 19.4. The Morgan fingerprint density at radius 1 is 1.53 bits per heavy atom. The van der Waals surface area contributed by atoms with E-state index in [1.54, 1.807) is 0 Å². The lowest BCUT2D eigenvalue weighted by atomic mass is 10.1. The summed E-state index contributed by atoms with van der Waals surface area (Å²) >= 11 is 0. The van der Waals surface area contributed by atoms with Crippen molar-refractivity contribution in [2.24, 2.45) is 0 Å². The summed E-state index contributed by atoms with van der Waals surface area (Å²) in [6.07, 6.45) is -7.38. The number of nitrogen functional groups attached to an aromatic ring is 1. The third-order valence-electron chi connectivity index (χ3n) is 2.33. The summed E-state index contributed by atoms with van der Waals surface area (Å²) in [5.41, 5.74) is 5.92. The van der Waals surface area contributed by atoms with E-state index < -0.39 is 24.7 Å².